The van der Waals surface area contributed by atoms with Crippen LogP contribution >= 0.6 is 15.9 Å². The first-order valence-corrected chi connectivity index (χ1v) is 5.95. The molecular weight excluding hydrogens is 258 g/mol. The monoisotopic (exact) mass is 265 g/mol. The number of nitrogens with zero attached hydrogens (tertiary/aromatic N) is 1. The summed E-state index contributed by atoms with van der Waals surface area (Å²) in [4.78, 5) is 3.57. The number of primary sulfonamides is 1. The lowest BCUT2D eigenvalue weighted by molar-refractivity contribution is 0.597. The zero-order valence-corrected chi connectivity index (χ0v) is 8.97. The summed E-state index contributed by atoms with van der Waals surface area (Å²) in [5, 5.41) is 5.42. The summed E-state index contributed by atoms with van der Waals surface area (Å²) in [7, 11) is -3.77. The largest absolute Gasteiger partial charge is 0.383 e. The SMILES string of the molecule is Nc1ncc(CBr)cc1S(N)(=O)=O. The molecule has 0 bridgehead atoms. The molecule has 0 aliphatic heterocycles. The van der Waals surface area contributed by atoms with Crippen LogP contribution in [0.1, 0.15) is 5.56 Å². The Morgan fingerprint density at radius 2 is 2.15 bits per heavy atom. The molecule has 0 aliphatic carbocycles. The van der Waals surface area contributed by atoms with Crippen LogP contribution in [0.3, 0.4) is 0 Å². The average Bonchev–Trinajstić information content (AvgIpc) is 2.03. The van der Waals surface area contributed by atoms with Crippen LogP contribution in [0, 0.1) is 0 Å². The van der Waals surface area contributed by atoms with Gasteiger partial charge in [-0.15, -0.1) is 0 Å². The normalized spacial score (nSPS) is 11.5. The van der Waals surface area contributed by atoms with Crippen molar-refractivity contribution in [2.24, 2.45) is 5.14 Å². The summed E-state index contributed by atoms with van der Waals surface area (Å²) in [5.41, 5.74) is 6.05. The lowest BCUT2D eigenvalue weighted by Crippen LogP contribution is -2.15. The minimum absolute atomic E-state index is 0.0767. The lowest BCUT2D eigenvalue weighted by atomic mass is 10.3. The Kier molecular flexibility index (Phi) is 2.89. The molecule has 0 amide bonds. The van der Waals surface area contributed by atoms with Gasteiger partial charge in [-0.1, -0.05) is 15.9 Å². The topological polar surface area (TPSA) is 99.1 Å². The molecule has 1 aromatic rings. The van der Waals surface area contributed by atoms with Crippen LogP contribution in [0.5, 0.6) is 0 Å². The first-order chi connectivity index (χ1) is 5.95. The highest BCUT2D eigenvalue weighted by atomic mass is 79.9. The molecule has 0 saturated heterocycles. The Morgan fingerprint density at radius 1 is 1.54 bits per heavy atom. The highest BCUT2D eigenvalue weighted by molar-refractivity contribution is 9.08. The van der Waals surface area contributed by atoms with Gasteiger partial charge in [0.25, 0.3) is 0 Å². The standard InChI is InChI=1S/C6H8BrN3O2S/c7-2-4-1-5(13(9,11)12)6(8)10-3-4/h1,3H,2H2,(H2,8,10)(H2,9,11,12). The maximum atomic E-state index is 11.0. The molecule has 0 spiro atoms. The van der Waals surface area contributed by atoms with E-state index >= 15 is 0 Å². The molecule has 0 atom stereocenters. The van der Waals surface area contributed by atoms with Crippen molar-refractivity contribution >= 4 is 31.8 Å². The number of nitrogens with two attached hydrogens (primary N) is 2. The number of sulfonamides is 1. The summed E-state index contributed by atoms with van der Waals surface area (Å²) < 4.78 is 21.9. The molecule has 1 rings (SSSR count). The van der Waals surface area contributed by atoms with Gasteiger partial charge < -0.3 is 5.73 Å². The van der Waals surface area contributed by atoms with Crippen molar-refractivity contribution in [2.45, 2.75) is 10.2 Å². The second kappa shape index (κ2) is 3.60. The number of hydrogen-bond donors (Lipinski definition) is 2. The van der Waals surface area contributed by atoms with E-state index in [9.17, 15) is 8.42 Å². The molecule has 7 heteroatoms. The fraction of sp³-hybridized carbons (Fsp3) is 0.167. The predicted molar refractivity (Wildman–Crippen MR) is 52.7 cm³/mol. The summed E-state index contributed by atoms with van der Waals surface area (Å²) in [6, 6.07) is 1.40. The molecule has 1 heterocycles. The van der Waals surface area contributed by atoms with Crippen LogP contribution in [0.15, 0.2) is 17.2 Å². The van der Waals surface area contributed by atoms with Crippen molar-refractivity contribution in [3.63, 3.8) is 0 Å². The summed E-state index contributed by atoms with van der Waals surface area (Å²) in [6.45, 7) is 0. The van der Waals surface area contributed by atoms with E-state index in [1.54, 1.807) is 0 Å². The second-order valence-corrected chi connectivity index (χ2v) is 4.50. The van der Waals surface area contributed by atoms with Crippen LogP contribution in [0.2, 0.25) is 0 Å². The minimum atomic E-state index is -3.77. The number of hydrogen-bond acceptors (Lipinski definition) is 4. The van der Waals surface area contributed by atoms with Crippen molar-refractivity contribution < 1.29 is 8.42 Å². The van der Waals surface area contributed by atoms with E-state index in [0.717, 1.165) is 0 Å². The van der Waals surface area contributed by atoms with Gasteiger partial charge in [0, 0.05) is 11.5 Å². The quantitative estimate of drug-likeness (QED) is 0.747. The molecular formula is C6H8BrN3O2S. The van der Waals surface area contributed by atoms with Gasteiger partial charge in [0.2, 0.25) is 10.0 Å². The number of alkyl halides is 1. The Morgan fingerprint density at radius 3 is 2.62 bits per heavy atom. The fourth-order valence-electron chi connectivity index (χ4n) is 0.797. The molecule has 13 heavy (non-hydrogen) atoms. The van der Waals surface area contributed by atoms with Crippen LogP contribution < -0.4 is 10.9 Å². The van der Waals surface area contributed by atoms with Gasteiger partial charge in [0.15, 0.2) is 0 Å². The third kappa shape index (κ3) is 2.39. The van der Waals surface area contributed by atoms with Gasteiger partial charge in [-0.25, -0.2) is 18.5 Å². The Labute approximate surface area is 84.3 Å². The van der Waals surface area contributed by atoms with E-state index in [-0.39, 0.29) is 10.7 Å². The van der Waals surface area contributed by atoms with Gasteiger partial charge in [-0.3, -0.25) is 0 Å². The van der Waals surface area contributed by atoms with Gasteiger partial charge in [-0.2, -0.15) is 0 Å². The molecule has 5 nitrogen and oxygen atoms in total. The first kappa shape index (κ1) is 10.4. The second-order valence-electron chi connectivity index (χ2n) is 2.41. The third-order valence-electron chi connectivity index (χ3n) is 1.40. The molecule has 0 aliphatic rings. The molecule has 0 saturated carbocycles. The van der Waals surface area contributed by atoms with Crippen molar-refractivity contribution in [1.29, 1.82) is 0 Å². The first-order valence-electron chi connectivity index (χ1n) is 3.28. The third-order valence-corrected chi connectivity index (χ3v) is 2.99. The van der Waals surface area contributed by atoms with Crippen molar-refractivity contribution in [2.75, 3.05) is 5.73 Å². The van der Waals surface area contributed by atoms with Crippen molar-refractivity contribution in [1.82, 2.24) is 4.98 Å². The van der Waals surface area contributed by atoms with Gasteiger partial charge >= 0.3 is 0 Å². The maximum absolute atomic E-state index is 11.0. The van der Waals surface area contributed by atoms with Crippen molar-refractivity contribution in [3.8, 4) is 0 Å². The lowest BCUT2D eigenvalue weighted by Gasteiger charge is -2.03. The highest BCUT2D eigenvalue weighted by Crippen LogP contribution is 2.16. The van der Waals surface area contributed by atoms with Crippen LogP contribution in [0.25, 0.3) is 0 Å². The number of nitrogen functional groups attached to an aromatic ring is 1. The van der Waals surface area contributed by atoms with E-state index in [2.05, 4.69) is 20.9 Å². The number of rotatable bonds is 2. The molecule has 0 radical (unpaired) electrons. The number of aromatic nitrogens is 1. The van der Waals surface area contributed by atoms with E-state index in [1.165, 1.54) is 12.3 Å². The Bertz CT molecular complexity index is 418. The van der Waals surface area contributed by atoms with Crippen LogP contribution in [-0.2, 0) is 15.4 Å². The molecule has 0 fully saturated rings. The Balaban J connectivity index is 3.36. The number of pyridine rings is 1. The van der Waals surface area contributed by atoms with E-state index in [0.29, 0.717) is 10.9 Å². The zero-order valence-electron chi connectivity index (χ0n) is 6.57. The molecule has 1 aromatic heterocycles. The predicted octanol–water partition coefficient (Wildman–Crippen LogP) is 0.206. The van der Waals surface area contributed by atoms with Gasteiger partial charge in [0.1, 0.15) is 10.7 Å². The van der Waals surface area contributed by atoms with Gasteiger partial charge in [-0.05, 0) is 11.6 Å². The summed E-state index contributed by atoms with van der Waals surface area (Å²) in [5.74, 6) is -0.0767. The number of halogens is 1. The molecule has 4 N–H and O–H groups in total. The number of anilines is 1. The minimum Gasteiger partial charge on any atom is -0.383 e. The zero-order chi connectivity index (χ0) is 10.1. The molecule has 0 aromatic carbocycles. The summed E-state index contributed by atoms with van der Waals surface area (Å²) in [6.07, 6.45) is 1.48. The smallest absolute Gasteiger partial charge is 0.241 e. The van der Waals surface area contributed by atoms with E-state index < -0.39 is 10.0 Å². The fourth-order valence-corrected chi connectivity index (χ4v) is 1.76. The molecule has 0 unspecified atom stereocenters. The van der Waals surface area contributed by atoms with E-state index in [1.807, 2.05) is 0 Å². The van der Waals surface area contributed by atoms with Crippen molar-refractivity contribution in [3.05, 3.63) is 17.8 Å². The summed E-state index contributed by atoms with van der Waals surface area (Å²) >= 11 is 3.17. The maximum Gasteiger partial charge on any atom is 0.241 e. The Hall–Kier alpha value is -0.660. The van der Waals surface area contributed by atoms with Crippen LogP contribution in [-0.4, -0.2) is 13.4 Å². The molecule has 72 valence electrons. The average molecular weight is 266 g/mol. The highest BCUT2D eigenvalue weighted by Gasteiger charge is 2.13. The van der Waals surface area contributed by atoms with E-state index in [4.69, 9.17) is 10.9 Å². The van der Waals surface area contributed by atoms with Crippen LogP contribution in [0.4, 0.5) is 5.82 Å². The van der Waals surface area contributed by atoms with Gasteiger partial charge in [0.05, 0.1) is 0 Å².